The molecule has 0 N–H and O–H groups in total. The van der Waals surface area contributed by atoms with Gasteiger partial charge in [0.05, 0.1) is 12.5 Å². The third-order valence-corrected chi connectivity index (χ3v) is 1.88. The molecule has 0 aliphatic rings. The molecule has 0 aliphatic heterocycles. The first-order valence-corrected chi connectivity index (χ1v) is 4.35. The van der Waals surface area contributed by atoms with Crippen LogP contribution in [0.4, 0.5) is 17.6 Å². The second-order valence-electron chi connectivity index (χ2n) is 3.18. The Bertz CT molecular complexity index is 321. The first-order valence-electron chi connectivity index (χ1n) is 4.35. The minimum Gasteiger partial charge on any atom is -0.490 e. The van der Waals surface area contributed by atoms with Crippen molar-refractivity contribution >= 4 is 0 Å². The summed E-state index contributed by atoms with van der Waals surface area (Å²) in [5.41, 5.74) is 0. The van der Waals surface area contributed by atoms with E-state index < -0.39 is 24.5 Å². The number of halogens is 4. The normalized spacial score (nSPS) is 13.7. The van der Waals surface area contributed by atoms with E-state index in [4.69, 9.17) is 4.74 Å². The number of ether oxygens (including phenoxy) is 1. The lowest BCUT2D eigenvalue weighted by molar-refractivity contribution is -0.176. The molecule has 0 aromatic heterocycles. The van der Waals surface area contributed by atoms with Crippen molar-refractivity contribution in [3.63, 3.8) is 0 Å². The zero-order valence-electron chi connectivity index (χ0n) is 8.01. The highest BCUT2D eigenvalue weighted by molar-refractivity contribution is 5.23. The predicted molar refractivity (Wildman–Crippen MR) is 47.1 cm³/mol. The molecule has 0 aliphatic carbocycles. The van der Waals surface area contributed by atoms with Gasteiger partial charge in [0.1, 0.15) is 0 Å². The smallest absolute Gasteiger partial charge is 0.394 e. The number of hydrogen-bond acceptors (Lipinski definition) is 1. The quantitative estimate of drug-likeness (QED) is 0.712. The van der Waals surface area contributed by atoms with Crippen molar-refractivity contribution in [2.24, 2.45) is 5.92 Å². The highest BCUT2D eigenvalue weighted by atomic mass is 19.4. The van der Waals surface area contributed by atoms with Gasteiger partial charge in [-0.15, -0.1) is 0 Å². The number of alkyl halides is 3. The zero-order valence-corrected chi connectivity index (χ0v) is 8.01. The second-order valence-corrected chi connectivity index (χ2v) is 3.18. The molecule has 5 heteroatoms. The fourth-order valence-electron chi connectivity index (χ4n) is 0.871. The molecule has 1 rings (SSSR count). The number of hydrogen-bond donors (Lipinski definition) is 0. The topological polar surface area (TPSA) is 9.23 Å². The fraction of sp³-hybridized carbons (Fsp3) is 0.400. The third kappa shape index (κ3) is 3.42. The van der Waals surface area contributed by atoms with E-state index in [-0.39, 0.29) is 5.75 Å². The molecule has 1 unspecified atom stereocenters. The summed E-state index contributed by atoms with van der Waals surface area (Å²) >= 11 is 0. The summed E-state index contributed by atoms with van der Waals surface area (Å²) in [5, 5.41) is 0. The summed E-state index contributed by atoms with van der Waals surface area (Å²) in [6, 6.07) is 5.36. The lowest BCUT2D eigenvalue weighted by Crippen LogP contribution is -2.25. The number of rotatable bonds is 3. The fourth-order valence-corrected chi connectivity index (χ4v) is 0.871. The van der Waals surface area contributed by atoms with Crippen LogP contribution < -0.4 is 4.74 Å². The van der Waals surface area contributed by atoms with Crippen molar-refractivity contribution in [3.05, 3.63) is 30.1 Å². The van der Waals surface area contributed by atoms with Crippen LogP contribution in [0.2, 0.25) is 0 Å². The molecule has 0 amide bonds. The van der Waals surface area contributed by atoms with Gasteiger partial charge in [-0.3, -0.25) is 0 Å². The van der Waals surface area contributed by atoms with Crippen LogP contribution in [0.3, 0.4) is 0 Å². The van der Waals surface area contributed by atoms with Gasteiger partial charge in [-0.1, -0.05) is 19.1 Å². The van der Waals surface area contributed by atoms with E-state index in [0.717, 1.165) is 13.0 Å². The molecule has 1 nitrogen and oxygen atoms in total. The third-order valence-electron chi connectivity index (χ3n) is 1.88. The number of para-hydroxylation sites is 1. The SMILES string of the molecule is CC(COc1ccccc1F)C(F)(F)F. The van der Waals surface area contributed by atoms with Gasteiger partial charge in [-0.2, -0.15) is 13.2 Å². The van der Waals surface area contributed by atoms with Crippen LogP contribution in [0.1, 0.15) is 6.92 Å². The molecule has 0 saturated carbocycles. The molecular weight excluding hydrogens is 212 g/mol. The van der Waals surface area contributed by atoms with Crippen LogP contribution in [0, 0.1) is 11.7 Å². The Balaban J connectivity index is 2.55. The van der Waals surface area contributed by atoms with Gasteiger partial charge in [0.25, 0.3) is 0 Å². The zero-order chi connectivity index (χ0) is 11.5. The van der Waals surface area contributed by atoms with Gasteiger partial charge < -0.3 is 4.74 Å². The van der Waals surface area contributed by atoms with Gasteiger partial charge in [0, 0.05) is 0 Å². The molecule has 84 valence electrons. The average Bonchev–Trinajstić information content (AvgIpc) is 2.14. The largest absolute Gasteiger partial charge is 0.490 e. The minimum absolute atomic E-state index is 0.159. The standard InChI is InChI=1S/C10H10F4O/c1-7(10(12,13)14)6-15-9-5-3-2-4-8(9)11/h2-5,7H,6H2,1H3. The van der Waals surface area contributed by atoms with E-state index in [0.29, 0.717) is 0 Å². The Hall–Kier alpha value is -1.26. The van der Waals surface area contributed by atoms with E-state index in [1.54, 1.807) is 0 Å². The summed E-state index contributed by atoms with van der Waals surface area (Å²) in [6.07, 6.45) is -4.31. The van der Waals surface area contributed by atoms with E-state index in [2.05, 4.69) is 0 Å². The average molecular weight is 222 g/mol. The van der Waals surface area contributed by atoms with Crippen molar-refractivity contribution in [3.8, 4) is 5.75 Å². The van der Waals surface area contributed by atoms with Crippen molar-refractivity contribution in [2.45, 2.75) is 13.1 Å². The summed E-state index contributed by atoms with van der Waals surface area (Å²) in [7, 11) is 0. The Labute approximate surface area is 84.7 Å². The van der Waals surface area contributed by atoms with Crippen LogP contribution in [-0.2, 0) is 0 Å². The van der Waals surface area contributed by atoms with Crippen LogP contribution in [0.15, 0.2) is 24.3 Å². The van der Waals surface area contributed by atoms with Crippen LogP contribution in [0.5, 0.6) is 5.75 Å². The van der Waals surface area contributed by atoms with E-state index in [1.165, 1.54) is 18.2 Å². The van der Waals surface area contributed by atoms with Crippen molar-refractivity contribution in [1.82, 2.24) is 0 Å². The summed E-state index contributed by atoms with van der Waals surface area (Å²) in [5.74, 6) is -2.43. The maximum absolute atomic E-state index is 12.9. The molecule has 0 fully saturated rings. The molecule has 1 aromatic rings. The maximum Gasteiger partial charge on any atom is 0.394 e. The van der Waals surface area contributed by atoms with E-state index >= 15 is 0 Å². The Morgan fingerprint density at radius 1 is 1.27 bits per heavy atom. The highest BCUT2D eigenvalue weighted by Crippen LogP contribution is 2.26. The molecule has 0 saturated heterocycles. The monoisotopic (exact) mass is 222 g/mol. The molecule has 15 heavy (non-hydrogen) atoms. The molecule has 0 heterocycles. The first kappa shape index (κ1) is 11.8. The first-order chi connectivity index (χ1) is 6.91. The summed E-state index contributed by atoms with van der Waals surface area (Å²) in [6.45, 7) is 0.408. The van der Waals surface area contributed by atoms with Crippen LogP contribution >= 0.6 is 0 Å². The van der Waals surface area contributed by atoms with E-state index in [9.17, 15) is 17.6 Å². The summed E-state index contributed by atoms with van der Waals surface area (Å²) in [4.78, 5) is 0. The predicted octanol–water partition coefficient (Wildman–Crippen LogP) is 3.40. The Kier molecular flexibility index (Phi) is 3.55. The molecule has 0 radical (unpaired) electrons. The minimum atomic E-state index is -4.31. The molecule has 1 aromatic carbocycles. The van der Waals surface area contributed by atoms with Crippen molar-refractivity contribution < 1.29 is 22.3 Å². The highest BCUT2D eigenvalue weighted by Gasteiger charge is 2.36. The van der Waals surface area contributed by atoms with Gasteiger partial charge in [-0.05, 0) is 12.1 Å². The summed E-state index contributed by atoms with van der Waals surface area (Å²) < 4.78 is 53.9. The molecular formula is C10H10F4O. The molecule has 1 atom stereocenters. The van der Waals surface area contributed by atoms with Crippen LogP contribution in [0.25, 0.3) is 0 Å². The number of benzene rings is 1. The van der Waals surface area contributed by atoms with Gasteiger partial charge in [0.2, 0.25) is 0 Å². The van der Waals surface area contributed by atoms with Gasteiger partial charge in [-0.25, -0.2) is 4.39 Å². The second kappa shape index (κ2) is 4.51. The lowest BCUT2D eigenvalue weighted by Gasteiger charge is -2.16. The van der Waals surface area contributed by atoms with Crippen molar-refractivity contribution in [1.29, 1.82) is 0 Å². The maximum atomic E-state index is 12.9. The van der Waals surface area contributed by atoms with Gasteiger partial charge >= 0.3 is 6.18 Å². The van der Waals surface area contributed by atoms with Crippen LogP contribution in [-0.4, -0.2) is 12.8 Å². The van der Waals surface area contributed by atoms with Crippen molar-refractivity contribution in [2.75, 3.05) is 6.61 Å². The van der Waals surface area contributed by atoms with Gasteiger partial charge in [0.15, 0.2) is 11.6 Å². The van der Waals surface area contributed by atoms with E-state index in [1.807, 2.05) is 0 Å². The molecule has 0 spiro atoms. The molecule has 0 bridgehead atoms. The Morgan fingerprint density at radius 2 is 1.87 bits per heavy atom. The Morgan fingerprint density at radius 3 is 2.40 bits per heavy atom. The lowest BCUT2D eigenvalue weighted by atomic mass is 10.2.